The Morgan fingerprint density at radius 2 is 1.50 bits per heavy atom. The van der Waals surface area contributed by atoms with Crippen molar-refractivity contribution in [2.75, 3.05) is 0 Å². The fourth-order valence-corrected chi connectivity index (χ4v) is 2.22. The molecule has 0 nitrogen and oxygen atoms in total. The van der Waals surface area contributed by atoms with Gasteiger partial charge in [-0.1, -0.05) is 41.4 Å². The van der Waals surface area contributed by atoms with Gasteiger partial charge in [0.2, 0.25) is 0 Å². The van der Waals surface area contributed by atoms with Gasteiger partial charge in [0.25, 0.3) is 0 Å². The van der Waals surface area contributed by atoms with Gasteiger partial charge in [0, 0.05) is 43.8 Å². The van der Waals surface area contributed by atoms with Crippen LogP contribution in [0, 0.1) is 17.7 Å². The molecule has 0 amide bonds. The molecule has 0 heterocycles. The normalized spacial score (nSPS) is 10.1. The Labute approximate surface area is 154 Å². The number of hydrogen-bond acceptors (Lipinski definition) is 0. The Bertz CT molecular complexity index is 788. The van der Waals surface area contributed by atoms with Crippen molar-refractivity contribution in [1.29, 1.82) is 0 Å². The molecule has 3 rings (SSSR count). The van der Waals surface area contributed by atoms with Crippen LogP contribution in [0.2, 0.25) is 0 Å². The first-order chi connectivity index (χ1) is 10.1. The second-order valence-electron chi connectivity index (χ2n) is 4.71. The van der Waals surface area contributed by atoms with E-state index in [0.29, 0.717) is 11.0 Å². The van der Waals surface area contributed by atoms with Gasteiger partial charge in [-0.25, -0.2) is 8.78 Å². The van der Waals surface area contributed by atoms with E-state index in [4.69, 9.17) is 7.85 Å². The molecule has 3 aromatic carbocycles. The molecule has 0 aliphatic carbocycles. The van der Waals surface area contributed by atoms with E-state index in [2.05, 4.69) is 6.07 Å². The number of rotatable bonds is 2. The Hall–Kier alpha value is -1.31. The van der Waals surface area contributed by atoms with E-state index < -0.39 is 11.6 Å². The molecular weight excluding hydrogens is 354 g/mol. The third-order valence-corrected chi connectivity index (χ3v) is 3.27. The second-order valence-corrected chi connectivity index (χ2v) is 4.71. The van der Waals surface area contributed by atoms with E-state index in [1.54, 1.807) is 24.3 Å². The van der Waals surface area contributed by atoms with Crippen LogP contribution >= 0.6 is 0 Å². The van der Waals surface area contributed by atoms with Gasteiger partial charge < -0.3 is 0 Å². The van der Waals surface area contributed by atoms with Crippen molar-refractivity contribution < 1.29 is 41.5 Å². The average molecular weight is 364 g/mol. The van der Waals surface area contributed by atoms with Crippen molar-refractivity contribution in [3.8, 4) is 22.3 Å². The van der Waals surface area contributed by atoms with Gasteiger partial charge in [-0.05, 0) is 6.07 Å². The minimum Gasteiger partial charge on any atom is -0.207 e. The second kappa shape index (κ2) is 7.30. The van der Waals surface area contributed by atoms with E-state index in [0.717, 1.165) is 5.56 Å². The third kappa shape index (κ3) is 3.53. The predicted octanol–water partition coefficient (Wildman–Crippen LogP) is 3.89. The molecule has 103 valence electrons. The molecule has 0 aliphatic rings. The van der Waals surface area contributed by atoms with E-state index >= 15 is 0 Å². The standard InChI is InChI=1S/C18H10BF2.Y/c19-14-7-9-16(18(21)11-14)15-8-6-13(10-17(15)20)12-4-2-1-3-5-12;/h1-4,6-11H;/q-1;. The average Bonchev–Trinajstić information content (AvgIpc) is 2.49. The maximum atomic E-state index is 14.3. The minimum absolute atomic E-state index is 0. The van der Waals surface area contributed by atoms with Gasteiger partial charge in [-0.15, -0.1) is 35.9 Å². The zero-order chi connectivity index (χ0) is 14.8. The van der Waals surface area contributed by atoms with Crippen LogP contribution < -0.4 is 5.46 Å². The number of halogens is 2. The van der Waals surface area contributed by atoms with Crippen molar-refractivity contribution in [2.45, 2.75) is 0 Å². The van der Waals surface area contributed by atoms with E-state index in [-0.39, 0.29) is 43.8 Å². The molecule has 0 unspecified atom stereocenters. The Morgan fingerprint density at radius 1 is 0.818 bits per heavy atom. The van der Waals surface area contributed by atoms with Gasteiger partial charge in [0.1, 0.15) is 19.5 Å². The molecule has 4 heteroatoms. The van der Waals surface area contributed by atoms with Crippen LogP contribution in [-0.2, 0) is 32.7 Å². The molecule has 0 N–H and O–H groups in total. The van der Waals surface area contributed by atoms with Crippen LogP contribution in [0.3, 0.4) is 0 Å². The van der Waals surface area contributed by atoms with Crippen molar-refractivity contribution >= 4 is 13.3 Å². The van der Waals surface area contributed by atoms with Crippen LogP contribution in [0.4, 0.5) is 8.78 Å². The van der Waals surface area contributed by atoms with Crippen molar-refractivity contribution in [3.05, 3.63) is 78.4 Å². The van der Waals surface area contributed by atoms with Crippen LogP contribution in [0.15, 0.2) is 60.7 Å². The van der Waals surface area contributed by atoms with Gasteiger partial charge in [0.05, 0.1) is 0 Å². The summed E-state index contributed by atoms with van der Waals surface area (Å²) in [4.78, 5) is 0. The van der Waals surface area contributed by atoms with E-state index in [1.807, 2.05) is 18.2 Å². The summed E-state index contributed by atoms with van der Waals surface area (Å²) in [5.74, 6) is -1.01. The monoisotopic (exact) mass is 364 g/mol. The summed E-state index contributed by atoms with van der Waals surface area (Å²) in [5.41, 5.74) is 2.22. The molecule has 3 radical (unpaired) electrons. The fraction of sp³-hybridized carbons (Fsp3) is 0. The Morgan fingerprint density at radius 3 is 2.09 bits per heavy atom. The number of benzene rings is 3. The molecule has 0 bridgehead atoms. The van der Waals surface area contributed by atoms with Crippen LogP contribution in [0.25, 0.3) is 22.3 Å². The van der Waals surface area contributed by atoms with Gasteiger partial charge in [-0.2, -0.15) is 0 Å². The SMILES string of the molecule is [B]c1ccc(-c2ccc(-c3[c-]cccc3)cc2F)c(F)c1.[Y]. The summed E-state index contributed by atoms with van der Waals surface area (Å²) in [6.07, 6.45) is 0. The van der Waals surface area contributed by atoms with E-state index in [9.17, 15) is 8.78 Å². The molecule has 0 saturated heterocycles. The summed E-state index contributed by atoms with van der Waals surface area (Å²) in [5, 5.41) is 0. The molecule has 0 fully saturated rings. The molecule has 3 aromatic rings. The van der Waals surface area contributed by atoms with Crippen LogP contribution in [0.1, 0.15) is 0 Å². The van der Waals surface area contributed by atoms with Gasteiger partial charge >= 0.3 is 0 Å². The predicted molar refractivity (Wildman–Crippen MR) is 81.5 cm³/mol. The quantitative estimate of drug-likeness (QED) is 0.478. The summed E-state index contributed by atoms with van der Waals surface area (Å²) < 4.78 is 28.2. The topological polar surface area (TPSA) is 0 Å². The molecule has 0 spiro atoms. The fourth-order valence-electron chi connectivity index (χ4n) is 2.22. The largest absolute Gasteiger partial charge is 0.207 e. The first-order valence-electron chi connectivity index (χ1n) is 6.47. The molecule has 0 aromatic heterocycles. The first-order valence-corrected chi connectivity index (χ1v) is 6.47. The first kappa shape index (κ1) is 17.0. The van der Waals surface area contributed by atoms with Crippen LogP contribution in [-0.4, -0.2) is 7.85 Å². The smallest absolute Gasteiger partial charge is 0.130 e. The van der Waals surface area contributed by atoms with Crippen LogP contribution in [0.5, 0.6) is 0 Å². The molecule has 22 heavy (non-hydrogen) atoms. The van der Waals surface area contributed by atoms with Crippen molar-refractivity contribution in [3.63, 3.8) is 0 Å². The zero-order valence-corrected chi connectivity index (χ0v) is 14.5. The third-order valence-electron chi connectivity index (χ3n) is 3.27. The van der Waals surface area contributed by atoms with Gasteiger partial charge in [-0.3, -0.25) is 0 Å². The summed E-state index contributed by atoms with van der Waals surface area (Å²) in [7, 11) is 5.51. The molecule has 0 saturated carbocycles. The van der Waals surface area contributed by atoms with Gasteiger partial charge in [0.15, 0.2) is 0 Å². The molecule has 0 atom stereocenters. The molecule has 0 aliphatic heterocycles. The maximum Gasteiger partial charge on any atom is 0.130 e. The van der Waals surface area contributed by atoms with Crippen molar-refractivity contribution in [1.82, 2.24) is 0 Å². The van der Waals surface area contributed by atoms with E-state index in [1.165, 1.54) is 18.2 Å². The van der Waals surface area contributed by atoms with Crippen molar-refractivity contribution in [2.24, 2.45) is 0 Å². The summed E-state index contributed by atoms with van der Waals surface area (Å²) in [6, 6.07) is 19.3. The molecular formula is C18H10BF2Y-. The summed E-state index contributed by atoms with van der Waals surface area (Å²) >= 11 is 0. The summed E-state index contributed by atoms with van der Waals surface area (Å²) in [6.45, 7) is 0. The minimum atomic E-state index is -0.534. The number of hydrogen-bond donors (Lipinski definition) is 0. The Balaban J connectivity index is 0.00000176. The maximum absolute atomic E-state index is 14.3. The zero-order valence-electron chi connectivity index (χ0n) is 11.7. The Kier molecular flexibility index (Phi) is 5.66.